The molecule has 1 aromatic heterocycles. The number of nitrogens with zero attached hydrogens (tertiary/aromatic N) is 1. The van der Waals surface area contributed by atoms with E-state index in [2.05, 4.69) is 10.5 Å². The fraction of sp³-hybridized carbons (Fsp3) is 0.261. The van der Waals surface area contributed by atoms with Gasteiger partial charge in [0.2, 0.25) is 0 Å². The first-order valence-corrected chi connectivity index (χ1v) is 10.2. The quantitative estimate of drug-likeness (QED) is 0.456. The number of aromatic nitrogens is 1. The van der Waals surface area contributed by atoms with Crippen molar-refractivity contribution in [1.29, 1.82) is 0 Å². The topological polar surface area (TPSA) is 109 Å². The van der Waals surface area contributed by atoms with Crippen LogP contribution in [0.25, 0.3) is 0 Å². The van der Waals surface area contributed by atoms with Gasteiger partial charge in [-0.1, -0.05) is 16.8 Å². The molecule has 33 heavy (non-hydrogen) atoms. The van der Waals surface area contributed by atoms with Crippen LogP contribution in [0.3, 0.4) is 0 Å². The lowest BCUT2D eigenvalue weighted by atomic mass is 10.2. The van der Waals surface area contributed by atoms with Crippen molar-refractivity contribution in [1.82, 2.24) is 5.16 Å². The van der Waals surface area contributed by atoms with E-state index in [4.69, 9.17) is 35.1 Å². The molecule has 3 rings (SSSR count). The Morgan fingerprint density at radius 2 is 1.76 bits per heavy atom. The number of hydrogen-bond donors (Lipinski definition) is 1. The molecule has 1 heterocycles. The zero-order valence-electron chi connectivity index (χ0n) is 18.6. The first-order chi connectivity index (χ1) is 15.8. The van der Waals surface area contributed by atoms with E-state index in [9.17, 15) is 9.59 Å². The minimum Gasteiger partial charge on any atom is -0.495 e. The SMILES string of the molecule is COc1cc(NC(=O)COC(=O)c2ccc(OCc3c(C)noc3C)cc2)c(OC)cc1Cl. The highest BCUT2D eigenvalue weighted by atomic mass is 35.5. The number of nitrogens with one attached hydrogen (secondary N) is 1. The molecule has 9 nitrogen and oxygen atoms in total. The van der Waals surface area contributed by atoms with Crippen molar-refractivity contribution in [2.24, 2.45) is 0 Å². The molecule has 1 N–H and O–H groups in total. The molecule has 0 aliphatic carbocycles. The van der Waals surface area contributed by atoms with E-state index < -0.39 is 18.5 Å². The van der Waals surface area contributed by atoms with E-state index in [1.807, 2.05) is 13.8 Å². The van der Waals surface area contributed by atoms with Crippen LogP contribution in [0.1, 0.15) is 27.4 Å². The van der Waals surface area contributed by atoms with E-state index in [-0.39, 0.29) is 5.56 Å². The first kappa shape index (κ1) is 23.9. The second kappa shape index (κ2) is 10.7. The van der Waals surface area contributed by atoms with Crippen LogP contribution in [0.4, 0.5) is 5.69 Å². The Hall–Kier alpha value is -3.72. The number of anilines is 1. The highest BCUT2D eigenvalue weighted by Gasteiger charge is 2.15. The molecule has 0 radical (unpaired) electrons. The van der Waals surface area contributed by atoms with Gasteiger partial charge >= 0.3 is 5.97 Å². The van der Waals surface area contributed by atoms with Gasteiger partial charge in [-0.15, -0.1) is 0 Å². The minimum absolute atomic E-state index is 0.276. The first-order valence-electron chi connectivity index (χ1n) is 9.85. The molecule has 2 aromatic carbocycles. The summed E-state index contributed by atoms with van der Waals surface area (Å²) in [6, 6.07) is 9.41. The van der Waals surface area contributed by atoms with E-state index in [1.54, 1.807) is 24.3 Å². The van der Waals surface area contributed by atoms with Gasteiger partial charge in [0, 0.05) is 12.1 Å². The maximum Gasteiger partial charge on any atom is 0.338 e. The van der Waals surface area contributed by atoms with Gasteiger partial charge in [0.25, 0.3) is 5.91 Å². The Balaban J connectivity index is 1.54. The van der Waals surface area contributed by atoms with Crippen LogP contribution in [-0.2, 0) is 16.1 Å². The number of amides is 1. The zero-order valence-corrected chi connectivity index (χ0v) is 19.3. The smallest absolute Gasteiger partial charge is 0.338 e. The Labute approximate surface area is 195 Å². The Kier molecular flexibility index (Phi) is 7.78. The zero-order chi connectivity index (χ0) is 24.0. The van der Waals surface area contributed by atoms with Gasteiger partial charge in [-0.25, -0.2) is 4.79 Å². The predicted octanol–water partition coefficient (Wildman–Crippen LogP) is 4.34. The number of benzene rings is 2. The lowest BCUT2D eigenvalue weighted by Gasteiger charge is -2.13. The lowest BCUT2D eigenvalue weighted by molar-refractivity contribution is -0.119. The summed E-state index contributed by atoms with van der Waals surface area (Å²) in [6.07, 6.45) is 0. The monoisotopic (exact) mass is 474 g/mol. The summed E-state index contributed by atoms with van der Waals surface area (Å²) in [4.78, 5) is 24.5. The molecule has 0 saturated heterocycles. The van der Waals surface area contributed by atoms with Crippen LogP contribution < -0.4 is 19.5 Å². The van der Waals surface area contributed by atoms with Crippen LogP contribution in [0.5, 0.6) is 17.2 Å². The molecule has 1 amide bonds. The van der Waals surface area contributed by atoms with Crippen LogP contribution in [0.15, 0.2) is 40.9 Å². The number of rotatable bonds is 9. The van der Waals surface area contributed by atoms with Crippen LogP contribution >= 0.6 is 11.6 Å². The highest BCUT2D eigenvalue weighted by Crippen LogP contribution is 2.35. The summed E-state index contributed by atoms with van der Waals surface area (Å²) in [5.41, 5.74) is 2.25. The molecule has 3 aromatic rings. The number of carbonyl (C=O) groups is 2. The van der Waals surface area contributed by atoms with Crippen LogP contribution in [0.2, 0.25) is 5.02 Å². The van der Waals surface area contributed by atoms with Crippen molar-refractivity contribution in [3.8, 4) is 17.2 Å². The van der Waals surface area contributed by atoms with Crippen LogP contribution in [-0.4, -0.2) is 37.9 Å². The van der Waals surface area contributed by atoms with Crippen molar-refractivity contribution < 1.29 is 33.1 Å². The van der Waals surface area contributed by atoms with Crippen molar-refractivity contribution in [3.05, 3.63) is 64.0 Å². The molecule has 0 unspecified atom stereocenters. The van der Waals surface area contributed by atoms with Gasteiger partial charge in [0.05, 0.1) is 41.8 Å². The Morgan fingerprint density at radius 1 is 1.06 bits per heavy atom. The average molecular weight is 475 g/mol. The summed E-state index contributed by atoms with van der Waals surface area (Å²) < 4.78 is 26.3. The molecular formula is C23H23ClN2O7. The van der Waals surface area contributed by atoms with E-state index in [1.165, 1.54) is 26.4 Å². The Morgan fingerprint density at radius 3 is 2.36 bits per heavy atom. The van der Waals surface area contributed by atoms with Gasteiger partial charge in [0.15, 0.2) is 6.61 Å². The van der Waals surface area contributed by atoms with Crippen molar-refractivity contribution in [3.63, 3.8) is 0 Å². The summed E-state index contributed by atoms with van der Waals surface area (Å²) in [5.74, 6) is 0.760. The third-order valence-corrected chi connectivity index (χ3v) is 5.03. The summed E-state index contributed by atoms with van der Waals surface area (Å²) in [6.45, 7) is 3.46. The van der Waals surface area contributed by atoms with Gasteiger partial charge in [-0.2, -0.15) is 0 Å². The normalized spacial score (nSPS) is 10.5. The van der Waals surface area contributed by atoms with Gasteiger partial charge in [-0.05, 0) is 38.1 Å². The molecule has 0 spiro atoms. The van der Waals surface area contributed by atoms with Gasteiger partial charge in [0.1, 0.15) is 29.6 Å². The summed E-state index contributed by atoms with van der Waals surface area (Å²) in [5, 5.41) is 6.82. The number of hydrogen-bond acceptors (Lipinski definition) is 8. The molecule has 0 fully saturated rings. The van der Waals surface area contributed by atoms with Gasteiger partial charge < -0.3 is 28.8 Å². The minimum atomic E-state index is -0.650. The highest BCUT2D eigenvalue weighted by molar-refractivity contribution is 6.32. The fourth-order valence-electron chi connectivity index (χ4n) is 2.91. The number of aryl methyl sites for hydroxylation is 2. The third-order valence-electron chi connectivity index (χ3n) is 4.74. The molecule has 0 saturated carbocycles. The molecule has 174 valence electrons. The van der Waals surface area contributed by atoms with Crippen molar-refractivity contribution in [2.75, 3.05) is 26.1 Å². The molecule has 0 aliphatic heterocycles. The number of methoxy groups -OCH3 is 2. The maximum absolute atomic E-state index is 12.3. The molecule has 0 atom stereocenters. The summed E-state index contributed by atoms with van der Waals surface area (Å²) >= 11 is 6.05. The number of ether oxygens (including phenoxy) is 4. The summed E-state index contributed by atoms with van der Waals surface area (Å²) in [7, 11) is 2.89. The molecular weight excluding hydrogens is 452 g/mol. The standard InChI is InChI=1S/C23H23ClN2O7/c1-13-17(14(2)33-26-13)11-31-16-7-5-15(6-8-16)23(28)32-12-22(27)25-19-10-20(29-3)18(24)9-21(19)30-4/h5-10H,11-12H2,1-4H3,(H,25,27). The molecule has 0 aliphatic rings. The van der Waals surface area contributed by atoms with E-state index in [0.717, 1.165) is 11.3 Å². The van der Waals surface area contributed by atoms with E-state index in [0.29, 0.717) is 40.3 Å². The predicted molar refractivity (Wildman–Crippen MR) is 120 cm³/mol. The third kappa shape index (κ3) is 5.95. The molecule has 0 bridgehead atoms. The maximum atomic E-state index is 12.3. The van der Waals surface area contributed by atoms with Crippen LogP contribution in [0, 0.1) is 13.8 Å². The number of esters is 1. The fourth-order valence-corrected chi connectivity index (χ4v) is 3.14. The van der Waals surface area contributed by atoms with Crippen molar-refractivity contribution >= 4 is 29.2 Å². The second-order valence-corrected chi connectivity index (χ2v) is 7.33. The second-order valence-electron chi connectivity index (χ2n) is 6.93. The Bertz CT molecular complexity index is 1120. The van der Waals surface area contributed by atoms with Gasteiger partial charge in [-0.3, -0.25) is 4.79 Å². The number of halogens is 1. The largest absolute Gasteiger partial charge is 0.495 e. The molecule has 10 heteroatoms. The van der Waals surface area contributed by atoms with E-state index >= 15 is 0 Å². The lowest BCUT2D eigenvalue weighted by Crippen LogP contribution is -2.21. The number of carbonyl (C=O) groups excluding carboxylic acids is 2. The van der Waals surface area contributed by atoms with Crippen molar-refractivity contribution in [2.45, 2.75) is 20.5 Å². The average Bonchev–Trinajstić information content (AvgIpc) is 3.14.